The van der Waals surface area contributed by atoms with Gasteiger partial charge in [0.2, 0.25) is 0 Å². The zero-order chi connectivity index (χ0) is 14.1. The summed E-state index contributed by atoms with van der Waals surface area (Å²) in [7, 11) is 0. The lowest BCUT2D eigenvalue weighted by Crippen LogP contribution is -2.18. The highest BCUT2D eigenvalue weighted by Gasteiger charge is 2.39. The first-order chi connectivity index (χ1) is 10.4. The van der Waals surface area contributed by atoms with Crippen molar-refractivity contribution in [2.75, 3.05) is 26.4 Å². The molecule has 118 valence electrons. The molecule has 6 unspecified atom stereocenters. The second-order valence-corrected chi connectivity index (χ2v) is 7.98. The molecule has 4 aliphatic rings. The number of rotatable bonds is 8. The van der Waals surface area contributed by atoms with E-state index in [1.165, 1.54) is 38.5 Å². The van der Waals surface area contributed by atoms with E-state index in [9.17, 15) is 0 Å². The highest BCUT2D eigenvalue weighted by Crippen LogP contribution is 2.48. The predicted octanol–water partition coefficient (Wildman–Crippen LogP) is 4.06. The van der Waals surface area contributed by atoms with Crippen LogP contribution < -0.4 is 0 Å². The van der Waals surface area contributed by atoms with Gasteiger partial charge in [0.05, 0.1) is 0 Å². The van der Waals surface area contributed by atoms with Gasteiger partial charge < -0.3 is 9.47 Å². The molecule has 2 heteroatoms. The fourth-order valence-electron chi connectivity index (χ4n) is 5.40. The number of hydrogen-bond donors (Lipinski definition) is 0. The van der Waals surface area contributed by atoms with Crippen molar-refractivity contribution in [3.05, 3.63) is 12.2 Å². The van der Waals surface area contributed by atoms with E-state index in [2.05, 4.69) is 12.2 Å². The van der Waals surface area contributed by atoms with Crippen LogP contribution >= 0.6 is 0 Å². The molecular formula is C19H30O2. The van der Waals surface area contributed by atoms with Gasteiger partial charge in [0.25, 0.3) is 0 Å². The summed E-state index contributed by atoms with van der Waals surface area (Å²) in [6.45, 7) is 3.76. The van der Waals surface area contributed by atoms with Gasteiger partial charge in [-0.25, -0.2) is 0 Å². The molecule has 0 saturated heterocycles. The zero-order valence-corrected chi connectivity index (χ0v) is 13.2. The lowest BCUT2D eigenvalue weighted by molar-refractivity contribution is 0.0433. The standard InChI is InChI=1S/C19H30O2/c1(6-20-12-18-10-14-2-4-16(18)8-14)7-21-13-19-11-15-3-5-17(19)9-15/h2,4,14-19H,1,3,5-13H2. The Labute approximate surface area is 129 Å². The summed E-state index contributed by atoms with van der Waals surface area (Å²) in [5.41, 5.74) is 0. The molecule has 0 aliphatic heterocycles. The minimum Gasteiger partial charge on any atom is -0.381 e. The Kier molecular flexibility index (Phi) is 4.36. The molecule has 4 bridgehead atoms. The summed E-state index contributed by atoms with van der Waals surface area (Å²) >= 11 is 0. The van der Waals surface area contributed by atoms with Crippen LogP contribution in [0.25, 0.3) is 0 Å². The first kappa shape index (κ1) is 14.3. The van der Waals surface area contributed by atoms with E-state index in [0.29, 0.717) is 0 Å². The van der Waals surface area contributed by atoms with E-state index < -0.39 is 0 Å². The van der Waals surface area contributed by atoms with Gasteiger partial charge in [-0.1, -0.05) is 18.6 Å². The van der Waals surface area contributed by atoms with Crippen molar-refractivity contribution >= 4 is 0 Å². The quantitative estimate of drug-likeness (QED) is 0.496. The molecule has 0 heterocycles. The Bertz CT molecular complexity index is 378. The molecule has 4 aliphatic carbocycles. The third-order valence-corrected chi connectivity index (χ3v) is 6.54. The topological polar surface area (TPSA) is 18.5 Å². The van der Waals surface area contributed by atoms with E-state index in [1.807, 2.05) is 0 Å². The summed E-state index contributed by atoms with van der Waals surface area (Å²) in [4.78, 5) is 0. The number of ether oxygens (including phenoxy) is 2. The van der Waals surface area contributed by atoms with Gasteiger partial charge in [-0.3, -0.25) is 0 Å². The van der Waals surface area contributed by atoms with E-state index >= 15 is 0 Å². The predicted molar refractivity (Wildman–Crippen MR) is 84.0 cm³/mol. The molecule has 0 aromatic heterocycles. The fraction of sp³-hybridized carbons (Fsp3) is 0.895. The summed E-state index contributed by atoms with van der Waals surface area (Å²) in [6, 6.07) is 0. The maximum absolute atomic E-state index is 5.90. The molecule has 3 saturated carbocycles. The van der Waals surface area contributed by atoms with Crippen LogP contribution in [0.5, 0.6) is 0 Å². The van der Waals surface area contributed by atoms with Gasteiger partial charge in [-0.2, -0.15) is 0 Å². The SMILES string of the molecule is C1=CC2CC1CC2COCCCOCC1CC2CCC1C2. The molecule has 4 rings (SSSR count). The molecule has 0 radical (unpaired) electrons. The highest BCUT2D eigenvalue weighted by atomic mass is 16.5. The zero-order valence-electron chi connectivity index (χ0n) is 13.2. The van der Waals surface area contributed by atoms with Gasteiger partial charge in [0.1, 0.15) is 0 Å². The van der Waals surface area contributed by atoms with Gasteiger partial charge in [0, 0.05) is 26.4 Å². The van der Waals surface area contributed by atoms with Gasteiger partial charge in [-0.05, 0) is 74.0 Å². The Hall–Kier alpha value is -0.340. The van der Waals surface area contributed by atoms with Crippen molar-refractivity contribution in [1.29, 1.82) is 0 Å². The van der Waals surface area contributed by atoms with Crippen LogP contribution in [0.15, 0.2) is 12.2 Å². The number of allylic oxidation sites excluding steroid dienone is 2. The van der Waals surface area contributed by atoms with Crippen molar-refractivity contribution in [1.82, 2.24) is 0 Å². The molecule has 0 aromatic carbocycles. The lowest BCUT2D eigenvalue weighted by atomic mass is 9.90. The number of fused-ring (bicyclic) bond motifs is 4. The molecule has 0 N–H and O–H groups in total. The largest absolute Gasteiger partial charge is 0.381 e. The minimum atomic E-state index is 0.801. The van der Waals surface area contributed by atoms with Crippen LogP contribution in [0.4, 0.5) is 0 Å². The number of hydrogen-bond acceptors (Lipinski definition) is 2. The van der Waals surface area contributed by atoms with E-state index in [4.69, 9.17) is 9.47 Å². The van der Waals surface area contributed by atoms with E-state index in [1.54, 1.807) is 0 Å². The van der Waals surface area contributed by atoms with Crippen LogP contribution in [0.1, 0.15) is 44.9 Å². The molecule has 0 amide bonds. The van der Waals surface area contributed by atoms with Gasteiger partial charge in [0.15, 0.2) is 0 Å². The van der Waals surface area contributed by atoms with Crippen LogP contribution in [0, 0.1) is 35.5 Å². The Morgan fingerprint density at radius 1 is 0.810 bits per heavy atom. The smallest absolute Gasteiger partial charge is 0.0500 e. The van der Waals surface area contributed by atoms with Crippen molar-refractivity contribution in [3.8, 4) is 0 Å². The second kappa shape index (κ2) is 6.42. The first-order valence-corrected chi connectivity index (χ1v) is 9.22. The molecular weight excluding hydrogens is 260 g/mol. The van der Waals surface area contributed by atoms with Gasteiger partial charge in [-0.15, -0.1) is 0 Å². The average Bonchev–Trinajstić information content (AvgIpc) is 3.26. The third kappa shape index (κ3) is 3.22. The third-order valence-electron chi connectivity index (χ3n) is 6.54. The van der Waals surface area contributed by atoms with Crippen molar-refractivity contribution < 1.29 is 9.47 Å². The maximum atomic E-state index is 5.90. The maximum Gasteiger partial charge on any atom is 0.0500 e. The molecule has 0 spiro atoms. The fourth-order valence-corrected chi connectivity index (χ4v) is 5.40. The summed E-state index contributed by atoms with van der Waals surface area (Å²) in [6.07, 6.45) is 14.5. The minimum absolute atomic E-state index is 0.801. The highest BCUT2D eigenvalue weighted by molar-refractivity contribution is 5.09. The molecule has 2 nitrogen and oxygen atoms in total. The summed E-state index contributed by atoms with van der Waals surface area (Å²) in [5.74, 6) is 5.41. The second-order valence-electron chi connectivity index (χ2n) is 7.98. The van der Waals surface area contributed by atoms with Crippen LogP contribution in [-0.4, -0.2) is 26.4 Å². The van der Waals surface area contributed by atoms with E-state index in [-0.39, 0.29) is 0 Å². The average molecular weight is 290 g/mol. The molecule has 21 heavy (non-hydrogen) atoms. The molecule has 6 atom stereocenters. The van der Waals surface area contributed by atoms with Crippen molar-refractivity contribution in [3.63, 3.8) is 0 Å². The summed E-state index contributed by atoms with van der Waals surface area (Å²) < 4.78 is 11.8. The van der Waals surface area contributed by atoms with Crippen LogP contribution in [0.3, 0.4) is 0 Å². The first-order valence-electron chi connectivity index (χ1n) is 9.22. The van der Waals surface area contributed by atoms with Crippen molar-refractivity contribution in [2.24, 2.45) is 35.5 Å². The van der Waals surface area contributed by atoms with Crippen LogP contribution in [0.2, 0.25) is 0 Å². The monoisotopic (exact) mass is 290 g/mol. The Morgan fingerprint density at radius 3 is 2.29 bits per heavy atom. The Balaban J connectivity index is 1.02. The lowest BCUT2D eigenvalue weighted by Gasteiger charge is -2.21. The Morgan fingerprint density at radius 2 is 1.67 bits per heavy atom. The van der Waals surface area contributed by atoms with Gasteiger partial charge >= 0.3 is 0 Å². The normalized spacial score (nSPS) is 43.2. The molecule has 0 aromatic rings. The van der Waals surface area contributed by atoms with E-state index in [0.717, 1.165) is 68.4 Å². The van der Waals surface area contributed by atoms with Crippen LogP contribution in [-0.2, 0) is 9.47 Å². The molecule has 3 fully saturated rings. The summed E-state index contributed by atoms with van der Waals surface area (Å²) in [5, 5.41) is 0. The van der Waals surface area contributed by atoms with Crippen molar-refractivity contribution in [2.45, 2.75) is 44.9 Å².